The van der Waals surface area contributed by atoms with Crippen molar-refractivity contribution >= 4 is 17.7 Å². The van der Waals surface area contributed by atoms with Gasteiger partial charge in [0.05, 0.1) is 28.4 Å². The average molecular weight is 414 g/mol. The molecule has 2 aromatic rings. The minimum atomic E-state index is -0.666. The molecule has 10 nitrogen and oxygen atoms in total. The maximum Gasteiger partial charge on any atom is 0.378 e. The largest absolute Gasteiger partial charge is 0.493 e. The summed E-state index contributed by atoms with van der Waals surface area (Å²) < 4.78 is 22.8. The number of allylic oxidation sites excluding steroid dienone is 2. The van der Waals surface area contributed by atoms with Gasteiger partial charge in [-0.3, -0.25) is 4.79 Å². The molecule has 0 saturated heterocycles. The molecule has 1 aliphatic carbocycles. The summed E-state index contributed by atoms with van der Waals surface area (Å²) in [6.45, 7) is 0. The number of hydrogen-bond acceptors (Lipinski definition) is 9. The van der Waals surface area contributed by atoms with E-state index in [1.165, 1.54) is 33.1 Å². The summed E-state index contributed by atoms with van der Waals surface area (Å²) in [5.74, 6) is 0.895. The van der Waals surface area contributed by atoms with E-state index in [0.717, 1.165) is 12.1 Å². The summed E-state index contributed by atoms with van der Waals surface area (Å²) in [5.41, 5.74) is 1.98. The molecule has 1 N–H and O–H groups in total. The number of rotatable bonds is 5. The number of esters is 1. The number of benzene rings is 1. The van der Waals surface area contributed by atoms with Crippen LogP contribution in [0.15, 0.2) is 23.4 Å². The predicted molar refractivity (Wildman–Crippen MR) is 105 cm³/mol. The smallest absolute Gasteiger partial charge is 0.378 e. The van der Waals surface area contributed by atoms with Crippen LogP contribution in [0.1, 0.15) is 41.5 Å². The standard InChI is InChI=1S/C20H22N4O6/c1-27-13-9-8-10(16(28-2)17(13)29-3)15-14-11(6-5-7-12(14)25)21-20-22-18(19(26)30-4)23-24(15)20/h8-9,15H,5-7H2,1-4H3,(H,21,22,23)/t15-/m1/s1. The Bertz CT molecular complexity index is 1060. The second kappa shape index (κ2) is 7.69. The van der Waals surface area contributed by atoms with E-state index in [4.69, 9.17) is 18.9 Å². The number of carbonyl (C=O) groups excluding carboxylic acids is 2. The van der Waals surface area contributed by atoms with E-state index in [-0.39, 0.29) is 11.6 Å². The molecular formula is C20H22N4O6. The van der Waals surface area contributed by atoms with Gasteiger partial charge >= 0.3 is 5.97 Å². The molecule has 30 heavy (non-hydrogen) atoms. The lowest BCUT2D eigenvalue weighted by Crippen LogP contribution is -2.31. The molecule has 0 saturated carbocycles. The summed E-state index contributed by atoms with van der Waals surface area (Å²) in [4.78, 5) is 29.2. The van der Waals surface area contributed by atoms with Crippen molar-refractivity contribution < 1.29 is 28.5 Å². The van der Waals surface area contributed by atoms with Crippen LogP contribution in [0.2, 0.25) is 0 Å². The van der Waals surface area contributed by atoms with Gasteiger partial charge in [-0.2, -0.15) is 4.98 Å². The molecule has 2 aliphatic rings. The quantitative estimate of drug-likeness (QED) is 0.735. The van der Waals surface area contributed by atoms with Gasteiger partial charge in [0.2, 0.25) is 11.7 Å². The van der Waals surface area contributed by atoms with Crippen molar-refractivity contribution in [3.05, 3.63) is 34.8 Å². The Hall–Kier alpha value is -3.56. The molecule has 0 fully saturated rings. The number of ketones is 1. The van der Waals surface area contributed by atoms with Gasteiger partial charge in [-0.1, -0.05) is 0 Å². The van der Waals surface area contributed by atoms with Gasteiger partial charge in [-0.15, -0.1) is 5.10 Å². The van der Waals surface area contributed by atoms with Crippen molar-refractivity contribution in [3.63, 3.8) is 0 Å². The number of fused-ring (bicyclic) bond motifs is 1. The van der Waals surface area contributed by atoms with Crippen LogP contribution < -0.4 is 19.5 Å². The summed E-state index contributed by atoms with van der Waals surface area (Å²) in [7, 11) is 5.82. The minimum Gasteiger partial charge on any atom is -0.493 e. The first-order chi connectivity index (χ1) is 14.5. The Labute approximate surface area is 172 Å². The number of Topliss-reactive ketones (excluding diaryl/α,β-unsaturated/α-hetero) is 1. The van der Waals surface area contributed by atoms with Crippen LogP contribution in [0.5, 0.6) is 17.2 Å². The van der Waals surface area contributed by atoms with Gasteiger partial charge in [0, 0.05) is 23.3 Å². The lowest BCUT2D eigenvalue weighted by Gasteiger charge is -2.33. The summed E-state index contributed by atoms with van der Waals surface area (Å²) in [6.07, 6.45) is 1.85. The number of anilines is 1. The normalized spacial score (nSPS) is 17.6. The molecule has 2 heterocycles. The zero-order valence-corrected chi connectivity index (χ0v) is 17.1. The minimum absolute atomic E-state index is 0.00589. The third-order valence-electron chi connectivity index (χ3n) is 5.27. The Morgan fingerprint density at radius 3 is 2.53 bits per heavy atom. The number of hydrogen-bond donors (Lipinski definition) is 1. The van der Waals surface area contributed by atoms with Gasteiger partial charge in [0.25, 0.3) is 5.82 Å². The van der Waals surface area contributed by atoms with Crippen LogP contribution in [0.3, 0.4) is 0 Å². The molecule has 4 rings (SSSR count). The lowest BCUT2D eigenvalue weighted by atomic mass is 9.85. The SMILES string of the molecule is COC(=O)c1nc2n(n1)[C@H](c1ccc(OC)c(OC)c1OC)C1=C(CCCC1=O)N2. The molecule has 0 bridgehead atoms. The van der Waals surface area contributed by atoms with Gasteiger partial charge in [0.1, 0.15) is 6.04 Å². The molecule has 0 amide bonds. The third-order valence-corrected chi connectivity index (χ3v) is 5.27. The molecule has 1 atom stereocenters. The van der Waals surface area contributed by atoms with Crippen LogP contribution >= 0.6 is 0 Å². The Morgan fingerprint density at radius 1 is 1.10 bits per heavy atom. The number of carbonyl (C=O) groups is 2. The Kier molecular flexibility index (Phi) is 5.06. The van der Waals surface area contributed by atoms with Crippen molar-refractivity contribution in [2.45, 2.75) is 25.3 Å². The zero-order chi connectivity index (χ0) is 21.4. The van der Waals surface area contributed by atoms with Crippen LogP contribution in [0.4, 0.5) is 5.95 Å². The second-order valence-corrected chi connectivity index (χ2v) is 6.82. The highest BCUT2D eigenvalue weighted by molar-refractivity contribution is 5.99. The first-order valence-corrected chi connectivity index (χ1v) is 9.41. The molecule has 0 spiro atoms. The van der Waals surface area contributed by atoms with Crippen molar-refractivity contribution in [2.75, 3.05) is 33.8 Å². The van der Waals surface area contributed by atoms with E-state index < -0.39 is 12.0 Å². The van der Waals surface area contributed by atoms with E-state index in [2.05, 4.69) is 15.4 Å². The van der Waals surface area contributed by atoms with Gasteiger partial charge < -0.3 is 24.3 Å². The number of aromatic nitrogens is 3. The van der Waals surface area contributed by atoms with Crippen molar-refractivity contribution in [2.24, 2.45) is 0 Å². The number of ether oxygens (including phenoxy) is 4. The third kappa shape index (κ3) is 2.95. The van der Waals surface area contributed by atoms with Crippen LogP contribution in [0.25, 0.3) is 0 Å². The molecule has 158 valence electrons. The molecule has 0 radical (unpaired) electrons. The fourth-order valence-corrected chi connectivity index (χ4v) is 3.96. The zero-order valence-electron chi connectivity index (χ0n) is 17.1. The fraction of sp³-hybridized carbons (Fsp3) is 0.400. The van der Waals surface area contributed by atoms with Gasteiger partial charge in [0.15, 0.2) is 17.3 Å². The summed E-state index contributed by atoms with van der Waals surface area (Å²) in [5, 5.41) is 7.49. The van der Waals surface area contributed by atoms with Gasteiger partial charge in [-0.05, 0) is 25.0 Å². The molecule has 0 unspecified atom stereocenters. The molecule has 1 aromatic heterocycles. The second-order valence-electron chi connectivity index (χ2n) is 6.82. The average Bonchev–Trinajstić information content (AvgIpc) is 3.19. The first kappa shape index (κ1) is 19.7. The van der Waals surface area contributed by atoms with Crippen molar-refractivity contribution in [1.29, 1.82) is 0 Å². The summed E-state index contributed by atoms with van der Waals surface area (Å²) in [6, 6.07) is 2.89. The van der Waals surface area contributed by atoms with Crippen LogP contribution in [-0.2, 0) is 9.53 Å². The van der Waals surface area contributed by atoms with E-state index >= 15 is 0 Å². The molecular weight excluding hydrogens is 392 g/mol. The van der Waals surface area contributed by atoms with Crippen molar-refractivity contribution in [3.8, 4) is 17.2 Å². The fourth-order valence-electron chi connectivity index (χ4n) is 3.96. The maximum absolute atomic E-state index is 12.9. The highest BCUT2D eigenvalue weighted by atomic mass is 16.5. The lowest BCUT2D eigenvalue weighted by molar-refractivity contribution is -0.116. The van der Waals surface area contributed by atoms with Crippen LogP contribution in [-0.4, -0.2) is 55.0 Å². The molecule has 1 aromatic carbocycles. The highest BCUT2D eigenvalue weighted by Crippen LogP contribution is 2.48. The molecule has 1 aliphatic heterocycles. The Balaban J connectivity index is 1.97. The number of nitrogens with zero attached hydrogens (tertiary/aromatic N) is 3. The van der Waals surface area contributed by atoms with Crippen LogP contribution in [0, 0.1) is 0 Å². The van der Waals surface area contributed by atoms with E-state index in [9.17, 15) is 9.59 Å². The number of methoxy groups -OCH3 is 4. The van der Waals surface area contributed by atoms with E-state index in [1.54, 1.807) is 12.1 Å². The molecule has 10 heteroatoms. The number of nitrogens with one attached hydrogen (secondary N) is 1. The van der Waals surface area contributed by atoms with E-state index in [0.29, 0.717) is 47.2 Å². The maximum atomic E-state index is 12.9. The summed E-state index contributed by atoms with van der Waals surface area (Å²) >= 11 is 0. The highest BCUT2D eigenvalue weighted by Gasteiger charge is 2.39. The van der Waals surface area contributed by atoms with E-state index in [1.807, 2.05) is 0 Å². The predicted octanol–water partition coefficient (Wildman–Crippen LogP) is 2.11. The topological polar surface area (TPSA) is 114 Å². The van der Waals surface area contributed by atoms with Gasteiger partial charge in [-0.25, -0.2) is 9.48 Å². The van der Waals surface area contributed by atoms with Crippen molar-refractivity contribution in [1.82, 2.24) is 14.8 Å². The monoisotopic (exact) mass is 414 g/mol. The Morgan fingerprint density at radius 2 is 1.87 bits per heavy atom. The first-order valence-electron chi connectivity index (χ1n) is 9.41.